The SMILES string of the molecule is CCS(=O)(=O)c1ncc(CN2CCCC(CN3CCCC3=O)C2)n1CCOC. The minimum absolute atomic E-state index is 0.0338. The Kier molecular flexibility index (Phi) is 7.11. The van der Waals surface area contributed by atoms with Gasteiger partial charge in [-0.3, -0.25) is 9.69 Å². The van der Waals surface area contributed by atoms with Crippen molar-refractivity contribution in [2.75, 3.05) is 45.6 Å². The van der Waals surface area contributed by atoms with Crippen molar-refractivity contribution in [1.82, 2.24) is 19.4 Å². The van der Waals surface area contributed by atoms with Crippen molar-refractivity contribution in [1.29, 1.82) is 0 Å². The summed E-state index contributed by atoms with van der Waals surface area (Å²) in [4.78, 5) is 20.5. The van der Waals surface area contributed by atoms with Crippen LogP contribution in [0.15, 0.2) is 11.4 Å². The quantitative estimate of drug-likeness (QED) is 0.605. The molecule has 2 fully saturated rings. The second-order valence-electron chi connectivity index (χ2n) is 7.77. The Hall–Kier alpha value is -1.45. The molecule has 1 aromatic heterocycles. The zero-order chi connectivity index (χ0) is 20.1. The maximum absolute atomic E-state index is 12.4. The largest absolute Gasteiger partial charge is 0.383 e. The summed E-state index contributed by atoms with van der Waals surface area (Å²) in [6, 6.07) is 0. The Morgan fingerprint density at radius 2 is 2.11 bits per heavy atom. The molecule has 3 heterocycles. The van der Waals surface area contributed by atoms with Gasteiger partial charge in [-0.1, -0.05) is 6.92 Å². The number of likely N-dealkylation sites (tertiary alicyclic amines) is 2. The Balaban J connectivity index is 1.69. The second kappa shape index (κ2) is 9.37. The number of hydrogen-bond acceptors (Lipinski definition) is 6. The van der Waals surface area contributed by atoms with Crippen molar-refractivity contribution >= 4 is 15.7 Å². The molecule has 2 saturated heterocycles. The van der Waals surface area contributed by atoms with Crippen molar-refractivity contribution in [3.63, 3.8) is 0 Å². The highest BCUT2D eigenvalue weighted by Crippen LogP contribution is 2.23. The van der Waals surface area contributed by atoms with Crippen LogP contribution in [0.25, 0.3) is 0 Å². The Morgan fingerprint density at radius 3 is 2.79 bits per heavy atom. The molecular weight excluding hydrogens is 380 g/mol. The van der Waals surface area contributed by atoms with Crippen LogP contribution in [0.1, 0.15) is 38.3 Å². The van der Waals surface area contributed by atoms with Crippen LogP contribution in [-0.4, -0.2) is 79.3 Å². The summed E-state index contributed by atoms with van der Waals surface area (Å²) in [5, 5.41) is 0.137. The van der Waals surface area contributed by atoms with Crippen LogP contribution in [-0.2, 0) is 32.5 Å². The maximum atomic E-state index is 12.4. The summed E-state index contributed by atoms with van der Waals surface area (Å²) in [5.41, 5.74) is 0.905. The number of hydrogen-bond donors (Lipinski definition) is 0. The molecule has 1 atom stereocenters. The van der Waals surface area contributed by atoms with Gasteiger partial charge >= 0.3 is 0 Å². The topological polar surface area (TPSA) is 84.7 Å². The molecule has 0 aliphatic carbocycles. The molecule has 158 valence electrons. The number of sulfone groups is 1. The van der Waals surface area contributed by atoms with Gasteiger partial charge in [-0.05, 0) is 31.7 Å². The van der Waals surface area contributed by atoms with Gasteiger partial charge in [-0.2, -0.15) is 0 Å². The van der Waals surface area contributed by atoms with E-state index in [9.17, 15) is 13.2 Å². The number of carbonyl (C=O) groups excluding carboxylic acids is 1. The van der Waals surface area contributed by atoms with E-state index in [2.05, 4.69) is 9.88 Å². The first-order valence-corrected chi connectivity index (χ1v) is 11.9. The van der Waals surface area contributed by atoms with E-state index in [1.807, 2.05) is 4.90 Å². The predicted octanol–water partition coefficient (Wildman–Crippen LogP) is 1.16. The number of ether oxygens (including phenoxy) is 1. The molecule has 2 aliphatic heterocycles. The summed E-state index contributed by atoms with van der Waals surface area (Å²) >= 11 is 0. The van der Waals surface area contributed by atoms with Gasteiger partial charge in [-0.15, -0.1) is 0 Å². The van der Waals surface area contributed by atoms with Crippen LogP contribution in [0.5, 0.6) is 0 Å². The van der Waals surface area contributed by atoms with Crippen molar-refractivity contribution < 1.29 is 17.9 Å². The van der Waals surface area contributed by atoms with Crippen LogP contribution >= 0.6 is 0 Å². The van der Waals surface area contributed by atoms with E-state index in [1.165, 1.54) is 0 Å². The summed E-state index contributed by atoms with van der Waals surface area (Å²) in [7, 11) is -1.77. The van der Waals surface area contributed by atoms with Crippen LogP contribution in [0, 0.1) is 5.92 Å². The lowest BCUT2D eigenvalue weighted by atomic mass is 9.97. The first kappa shape index (κ1) is 21.3. The van der Waals surface area contributed by atoms with Gasteiger partial charge < -0.3 is 14.2 Å². The fourth-order valence-electron chi connectivity index (χ4n) is 4.20. The highest BCUT2D eigenvalue weighted by atomic mass is 32.2. The highest BCUT2D eigenvalue weighted by Gasteiger charge is 2.28. The van der Waals surface area contributed by atoms with E-state index in [0.29, 0.717) is 32.0 Å². The standard InChI is InChI=1S/C19H32N4O4S/c1-3-28(25,26)19-20-12-17(23(19)10-11-27-2)15-21-8-4-6-16(13-21)14-22-9-5-7-18(22)24/h12,16H,3-11,13-15H2,1-2H3. The number of amides is 1. The minimum atomic E-state index is -3.38. The van der Waals surface area contributed by atoms with E-state index < -0.39 is 9.84 Å². The molecule has 0 saturated carbocycles. The van der Waals surface area contributed by atoms with Gasteiger partial charge in [0.15, 0.2) is 0 Å². The maximum Gasteiger partial charge on any atom is 0.227 e. The van der Waals surface area contributed by atoms with E-state index >= 15 is 0 Å². The van der Waals surface area contributed by atoms with Crippen LogP contribution < -0.4 is 0 Å². The molecule has 0 aromatic carbocycles. The van der Waals surface area contributed by atoms with Gasteiger partial charge in [-0.25, -0.2) is 13.4 Å². The van der Waals surface area contributed by atoms with Gasteiger partial charge in [0.05, 0.1) is 24.3 Å². The molecule has 28 heavy (non-hydrogen) atoms. The average molecular weight is 413 g/mol. The van der Waals surface area contributed by atoms with Gasteiger partial charge in [0.1, 0.15) is 0 Å². The third-order valence-corrected chi connectivity index (χ3v) is 7.36. The number of imidazole rings is 1. The molecule has 2 aliphatic rings. The first-order valence-electron chi connectivity index (χ1n) is 10.2. The Bertz CT molecular complexity index is 777. The highest BCUT2D eigenvalue weighted by molar-refractivity contribution is 7.91. The van der Waals surface area contributed by atoms with Crippen molar-refractivity contribution in [3.05, 3.63) is 11.9 Å². The zero-order valence-corrected chi connectivity index (χ0v) is 17.8. The molecule has 9 heteroatoms. The molecular formula is C19H32N4O4S. The Labute approximate surface area is 167 Å². The summed E-state index contributed by atoms with van der Waals surface area (Å²) in [6.45, 7) is 6.85. The second-order valence-corrected chi connectivity index (χ2v) is 9.94. The summed E-state index contributed by atoms with van der Waals surface area (Å²) in [5.74, 6) is 0.792. The summed E-state index contributed by atoms with van der Waals surface area (Å²) < 4.78 is 31.7. The third kappa shape index (κ3) is 4.93. The van der Waals surface area contributed by atoms with Crippen LogP contribution in [0.4, 0.5) is 0 Å². The van der Waals surface area contributed by atoms with Crippen LogP contribution in [0.3, 0.4) is 0 Å². The lowest BCUT2D eigenvalue weighted by Crippen LogP contribution is -2.41. The van der Waals surface area contributed by atoms with Gasteiger partial charge in [0, 0.05) is 46.3 Å². The molecule has 8 nitrogen and oxygen atoms in total. The van der Waals surface area contributed by atoms with Gasteiger partial charge in [0.2, 0.25) is 20.9 Å². The molecule has 0 bridgehead atoms. The van der Waals surface area contributed by atoms with Crippen LogP contribution in [0.2, 0.25) is 0 Å². The summed E-state index contributed by atoms with van der Waals surface area (Å²) in [6.07, 6.45) is 5.58. The molecule has 0 spiro atoms. The monoisotopic (exact) mass is 412 g/mol. The minimum Gasteiger partial charge on any atom is -0.383 e. The van der Waals surface area contributed by atoms with Crippen molar-refractivity contribution in [2.24, 2.45) is 5.92 Å². The third-order valence-electron chi connectivity index (χ3n) is 5.72. The fourth-order valence-corrected chi connectivity index (χ4v) is 5.21. The van der Waals surface area contributed by atoms with Gasteiger partial charge in [0.25, 0.3) is 0 Å². The smallest absolute Gasteiger partial charge is 0.227 e. The first-order chi connectivity index (χ1) is 13.4. The van der Waals surface area contributed by atoms with E-state index in [-0.39, 0.29) is 16.8 Å². The number of carbonyl (C=O) groups is 1. The van der Waals surface area contributed by atoms with E-state index in [4.69, 9.17) is 4.74 Å². The number of rotatable bonds is 9. The Morgan fingerprint density at radius 1 is 1.29 bits per heavy atom. The molecule has 1 amide bonds. The van der Waals surface area contributed by atoms with Crippen molar-refractivity contribution in [2.45, 2.75) is 50.9 Å². The number of piperidine rings is 1. The molecule has 1 aromatic rings. The number of nitrogens with zero attached hydrogens (tertiary/aromatic N) is 4. The zero-order valence-electron chi connectivity index (χ0n) is 17.0. The normalized spacial score (nSPS) is 21.6. The molecule has 1 unspecified atom stereocenters. The number of methoxy groups -OCH3 is 1. The average Bonchev–Trinajstić information content (AvgIpc) is 3.27. The molecule has 0 N–H and O–H groups in total. The van der Waals surface area contributed by atoms with E-state index in [0.717, 1.165) is 51.1 Å². The van der Waals surface area contributed by atoms with E-state index in [1.54, 1.807) is 24.8 Å². The fraction of sp³-hybridized carbons (Fsp3) is 0.789. The predicted molar refractivity (Wildman–Crippen MR) is 106 cm³/mol. The van der Waals surface area contributed by atoms with Crippen molar-refractivity contribution in [3.8, 4) is 0 Å². The molecule has 0 radical (unpaired) electrons. The lowest BCUT2D eigenvalue weighted by Gasteiger charge is -2.34. The molecule has 3 rings (SSSR count). The number of aromatic nitrogens is 2. The lowest BCUT2D eigenvalue weighted by molar-refractivity contribution is -0.128.